The number of halogens is 2. The molecule has 0 bridgehead atoms. The van der Waals surface area contributed by atoms with Gasteiger partial charge in [-0.05, 0) is 6.07 Å². The maximum Gasteiger partial charge on any atom is 0.181 e. The van der Waals surface area contributed by atoms with Crippen LogP contribution in [0.1, 0.15) is 15.9 Å². The molecule has 0 saturated carbocycles. The lowest BCUT2D eigenvalue weighted by Crippen LogP contribution is -2.07. The van der Waals surface area contributed by atoms with Crippen LogP contribution in [0.2, 0.25) is 0 Å². The summed E-state index contributed by atoms with van der Waals surface area (Å²) in [7, 11) is 0. The van der Waals surface area contributed by atoms with Crippen molar-refractivity contribution < 1.29 is 9.18 Å². The van der Waals surface area contributed by atoms with Crippen molar-refractivity contribution in [2.45, 2.75) is 4.83 Å². The third-order valence-corrected chi connectivity index (χ3v) is 3.40. The first-order valence-corrected chi connectivity index (χ1v) is 5.55. The van der Waals surface area contributed by atoms with Crippen molar-refractivity contribution in [3.63, 3.8) is 0 Å². The van der Waals surface area contributed by atoms with Crippen molar-refractivity contribution in [1.29, 1.82) is 10.5 Å². The first-order chi connectivity index (χ1) is 8.11. The highest BCUT2D eigenvalue weighted by Gasteiger charge is 2.37. The summed E-state index contributed by atoms with van der Waals surface area (Å²) in [6.07, 6.45) is 0. The topological polar surface area (TPSA) is 64.7 Å². The molecule has 0 aromatic heterocycles. The zero-order valence-corrected chi connectivity index (χ0v) is 9.95. The Labute approximate surface area is 105 Å². The molecule has 0 spiro atoms. The number of benzene rings is 1. The number of ketones is 1. The number of carbonyl (C=O) groups excluding carboxylic acids is 1. The van der Waals surface area contributed by atoms with Gasteiger partial charge in [0.05, 0.1) is 0 Å². The molecule has 1 unspecified atom stereocenters. The third-order valence-electron chi connectivity index (χ3n) is 2.52. The lowest BCUT2D eigenvalue weighted by molar-refractivity contribution is 0.101. The van der Waals surface area contributed by atoms with Crippen LogP contribution in [0, 0.1) is 28.5 Å². The molecule has 1 atom stereocenters. The number of nitrogens with zero attached hydrogens (tertiary/aromatic N) is 2. The fourth-order valence-corrected chi connectivity index (χ4v) is 2.50. The Bertz CT molecular complexity index is 621. The summed E-state index contributed by atoms with van der Waals surface area (Å²) in [5, 5.41) is 17.6. The Hall–Kier alpha value is -1.98. The van der Waals surface area contributed by atoms with Gasteiger partial charge in [-0.3, -0.25) is 4.79 Å². The van der Waals surface area contributed by atoms with E-state index >= 15 is 0 Å². The van der Waals surface area contributed by atoms with Gasteiger partial charge in [0.1, 0.15) is 28.4 Å². The number of hydrogen-bond donors (Lipinski definition) is 0. The number of alkyl halides is 1. The van der Waals surface area contributed by atoms with Gasteiger partial charge in [-0.25, -0.2) is 4.39 Å². The minimum atomic E-state index is -0.830. The van der Waals surface area contributed by atoms with Crippen molar-refractivity contribution in [2.24, 2.45) is 0 Å². The van der Waals surface area contributed by atoms with E-state index in [0.29, 0.717) is 0 Å². The lowest BCUT2D eigenvalue weighted by Gasteiger charge is -2.03. The lowest BCUT2D eigenvalue weighted by atomic mass is 10.0. The minimum Gasteiger partial charge on any atom is -0.293 e. The van der Waals surface area contributed by atoms with Crippen LogP contribution in [0.3, 0.4) is 0 Å². The molecule has 0 radical (unpaired) electrons. The van der Waals surface area contributed by atoms with Crippen LogP contribution in [-0.2, 0) is 0 Å². The molecule has 0 fully saturated rings. The van der Waals surface area contributed by atoms with Crippen LogP contribution in [0.4, 0.5) is 4.39 Å². The van der Waals surface area contributed by atoms with Crippen LogP contribution in [-0.4, -0.2) is 10.6 Å². The Balaban J connectivity index is 2.86. The monoisotopic (exact) mass is 290 g/mol. The summed E-state index contributed by atoms with van der Waals surface area (Å²) >= 11 is 3.09. The summed E-state index contributed by atoms with van der Waals surface area (Å²) < 4.78 is 13.7. The van der Waals surface area contributed by atoms with Gasteiger partial charge in [0.15, 0.2) is 5.78 Å². The molecule has 0 heterocycles. The average Bonchev–Trinajstić information content (AvgIpc) is 2.58. The van der Waals surface area contributed by atoms with Gasteiger partial charge in [-0.2, -0.15) is 10.5 Å². The Morgan fingerprint density at radius 2 is 2.00 bits per heavy atom. The zero-order valence-electron chi connectivity index (χ0n) is 8.37. The molecule has 82 valence electrons. The summed E-state index contributed by atoms with van der Waals surface area (Å²) in [6, 6.07) is 7.47. The maximum atomic E-state index is 13.7. The second kappa shape index (κ2) is 4.12. The Morgan fingerprint density at radius 3 is 2.59 bits per heavy atom. The average molecular weight is 291 g/mol. The maximum absolute atomic E-state index is 13.7. The van der Waals surface area contributed by atoms with Gasteiger partial charge in [0.25, 0.3) is 0 Å². The van der Waals surface area contributed by atoms with E-state index in [-0.39, 0.29) is 28.1 Å². The fraction of sp³-hybridized carbons (Fsp3) is 0.0833. The van der Waals surface area contributed by atoms with E-state index in [1.807, 2.05) is 0 Å². The summed E-state index contributed by atoms with van der Waals surface area (Å²) in [6.45, 7) is 0. The standard InChI is InChI=1S/C12H4BrFN2O/c13-11-9(6(4-15)5-16)10-7(12(11)17)2-1-3-8(10)14/h1-3,11H. The molecule has 0 amide bonds. The van der Waals surface area contributed by atoms with Gasteiger partial charge in [-0.15, -0.1) is 0 Å². The van der Waals surface area contributed by atoms with E-state index < -0.39 is 10.6 Å². The van der Waals surface area contributed by atoms with E-state index in [1.54, 1.807) is 12.1 Å². The number of rotatable bonds is 0. The van der Waals surface area contributed by atoms with Gasteiger partial charge in [-0.1, -0.05) is 28.1 Å². The number of nitriles is 2. The highest BCUT2D eigenvalue weighted by atomic mass is 79.9. The molecule has 1 aliphatic carbocycles. The van der Waals surface area contributed by atoms with Gasteiger partial charge in [0.2, 0.25) is 0 Å². The predicted molar refractivity (Wildman–Crippen MR) is 61.6 cm³/mol. The Kier molecular flexibility index (Phi) is 2.79. The molecule has 5 heteroatoms. The predicted octanol–water partition coefficient (Wildman–Crippen LogP) is 2.59. The van der Waals surface area contributed by atoms with Gasteiger partial charge in [0, 0.05) is 16.7 Å². The van der Waals surface area contributed by atoms with Crippen LogP contribution in [0.25, 0.3) is 5.57 Å². The molecule has 1 aliphatic rings. The molecule has 1 aromatic rings. The van der Waals surface area contributed by atoms with E-state index in [0.717, 1.165) is 0 Å². The van der Waals surface area contributed by atoms with E-state index in [4.69, 9.17) is 10.5 Å². The van der Waals surface area contributed by atoms with Crippen LogP contribution in [0.5, 0.6) is 0 Å². The molecule has 0 N–H and O–H groups in total. The number of hydrogen-bond acceptors (Lipinski definition) is 3. The van der Waals surface area contributed by atoms with E-state index in [9.17, 15) is 9.18 Å². The molecule has 17 heavy (non-hydrogen) atoms. The summed E-state index contributed by atoms with van der Waals surface area (Å²) in [5.41, 5.74) is 0.125. The van der Waals surface area contributed by atoms with Crippen molar-refractivity contribution in [1.82, 2.24) is 0 Å². The highest BCUT2D eigenvalue weighted by Crippen LogP contribution is 2.40. The van der Waals surface area contributed by atoms with Crippen molar-refractivity contribution >= 4 is 27.3 Å². The molecule has 0 saturated heterocycles. The SMILES string of the molecule is N#CC(C#N)=C1c2c(F)cccc2C(=O)C1Br. The third kappa shape index (κ3) is 1.56. The van der Waals surface area contributed by atoms with Crippen molar-refractivity contribution in [2.75, 3.05) is 0 Å². The minimum absolute atomic E-state index is 0.0532. The second-order valence-corrected chi connectivity index (χ2v) is 4.32. The smallest absolute Gasteiger partial charge is 0.181 e. The molecular formula is C12H4BrFN2O. The van der Waals surface area contributed by atoms with Crippen LogP contribution < -0.4 is 0 Å². The second-order valence-electron chi connectivity index (χ2n) is 3.40. The number of fused-ring (bicyclic) bond motifs is 1. The molecule has 3 nitrogen and oxygen atoms in total. The Morgan fingerprint density at radius 1 is 1.35 bits per heavy atom. The van der Waals surface area contributed by atoms with Crippen molar-refractivity contribution in [3.8, 4) is 12.1 Å². The molecule has 1 aromatic carbocycles. The largest absolute Gasteiger partial charge is 0.293 e. The molecule has 2 rings (SSSR count). The highest BCUT2D eigenvalue weighted by molar-refractivity contribution is 9.10. The van der Waals surface area contributed by atoms with Gasteiger partial charge >= 0.3 is 0 Å². The number of carbonyl (C=O) groups is 1. The number of allylic oxidation sites excluding steroid dienone is 2. The zero-order chi connectivity index (χ0) is 12.6. The molecular weight excluding hydrogens is 287 g/mol. The quantitative estimate of drug-likeness (QED) is 0.545. The number of Topliss-reactive ketones (excluding diaryl/α,β-unsaturated/α-hetero) is 1. The summed E-state index contributed by atoms with van der Waals surface area (Å²) in [5.74, 6) is -0.937. The summed E-state index contributed by atoms with van der Waals surface area (Å²) in [4.78, 5) is 11.0. The van der Waals surface area contributed by atoms with E-state index in [1.165, 1.54) is 18.2 Å². The first kappa shape index (κ1) is 11.5. The fourth-order valence-electron chi connectivity index (χ4n) is 1.79. The van der Waals surface area contributed by atoms with Crippen LogP contribution >= 0.6 is 15.9 Å². The first-order valence-electron chi connectivity index (χ1n) is 4.63. The van der Waals surface area contributed by atoms with E-state index in [2.05, 4.69) is 15.9 Å². The van der Waals surface area contributed by atoms with Crippen LogP contribution in [0.15, 0.2) is 23.8 Å². The van der Waals surface area contributed by atoms with Crippen molar-refractivity contribution in [3.05, 3.63) is 40.7 Å². The normalized spacial score (nSPS) is 17.3. The van der Waals surface area contributed by atoms with Gasteiger partial charge < -0.3 is 0 Å². The molecule has 0 aliphatic heterocycles.